The second-order valence-corrected chi connectivity index (χ2v) is 8.14. The minimum Gasteiger partial charge on any atom is -0.352 e. The van der Waals surface area contributed by atoms with Crippen LogP contribution in [0.25, 0.3) is 0 Å². The first kappa shape index (κ1) is 24.4. The number of methoxy groups -OCH3 is 2. The first-order valence-corrected chi connectivity index (χ1v) is 11.1. The molecule has 9 heteroatoms. The van der Waals surface area contributed by atoms with Crippen molar-refractivity contribution >= 4 is 17.6 Å². The van der Waals surface area contributed by atoms with Gasteiger partial charge in [-0.2, -0.15) is 0 Å². The van der Waals surface area contributed by atoms with Gasteiger partial charge in [-0.1, -0.05) is 18.2 Å². The molecule has 7 nitrogen and oxygen atoms in total. The number of nitrogens with one attached hydrogen (secondary N) is 1. The van der Waals surface area contributed by atoms with Gasteiger partial charge in [-0.05, 0) is 48.4 Å². The minimum absolute atomic E-state index is 0.0356. The summed E-state index contributed by atoms with van der Waals surface area (Å²) in [7, 11) is 3.02. The number of nitrogens with zero attached hydrogens (tertiary/aromatic N) is 2. The molecule has 1 unspecified atom stereocenters. The fourth-order valence-electron chi connectivity index (χ4n) is 4.24. The molecule has 2 amide bonds. The average Bonchev–Trinajstić information content (AvgIpc) is 3.13. The predicted molar refractivity (Wildman–Crippen MR) is 124 cm³/mol. The molecule has 0 aliphatic carbocycles. The Bertz CT molecular complexity index is 1200. The van der Waals surface area contributed by atoms with Crippen molar-refractivity contribution in [2.45, 2.75) is 31.7 Å². The number of hydrogen-bond acceptors (Lipinski definition) is 5. The molecule has 35 heavy (non-hydrogen) atoms. The Hall–Kier alpha value is -3.69. The van der Waals surface area contributed by atoms with E-state index in [0.29, 0.717) is 16.9 Å². The summed E-state index contributed by atoms with van der Waals surface area (Å²) >= 11 is 0. The van der Waals surface area contributed by atoms with E-state index in [0.717, 1.165) is 0 Å². The maximum Gasteiger partial charge on any atom is 0.255 e. The second kappa shape index (κ2) is 10.7. The summed E-state index contributed by atoms with van der Waals surface area (Å²) in [5, 5.41) is 2.72. The molecule has 0 saturated carbocycles. The number of aromatic nitrogens is 1. The minimum atomic E-state index is -0.631. The monoisotopic (exact) mass is 481 g/mol. The van der Waals surface area contributed by atoms with Crippen molar-refractivity contribution < 1.29 is 27.8 Å². The first-order valence-electron chi connectivity index (χ1n) is 11.1. The number of carbonyl (C=O) groups is 2. The van der Waals surface area contributed by atoms with Crippen molar-refractivity contribution in [1.29, 1.82) is 0 Å². The summed E-state index contributed by atoms with van der Waals surface area (Å²) in [6.07, 6.45) is 1.22. The molecule has 3 aromatic rings. The van der Waals surface area contributed by atoms with Gasteiger partial charge in [0, 0.05) is 50.1 Å². The van der Waals surface area contributed by atoms with Gasteiger partial charge in [-0.25, -0.2) is 13.8 Å². The molecule has 1 aliphatic heterocycles. The van der Waals surface area contributed by atoms with Crippen LogP contribution >= 0.6 is 0 Å². The van der Waals surface area contributed by atoms with Gasteiger partial charge >= 0.3 is 0 Å². The normalized spacial score (nSPS) is 14.9. The number of hydrogen-bond donors (Lipinski definition) is 1. The molecule has 4 rings (SSSR count). The molecule has 0 spiro atoms. The van der Waals surface area contributed by atoms with E-state index in [1.165, 1.54) is 43.4 Å². The molecular weight excluding hydrogens is 456 g/mol. The van der Waals surface area contributed by atoms with Gasteiger partial charge in [0.1, 0.15) is 17.5 Å². The van der Waals surface area contributed by atoms with E-state index in [2.05, 4.69) is 10.3 Å². The molecular formula is C26H25F2N3O4. The standard InChI is InChI=1S/C26H25F2N3O4/c1-34-26(35-2)17-8-12-22(29-14-17)30-23(32)13-11-21-24-19(4-3-5-20(24)28)25(33)31(21)15-16-6-9-18(27)10-7-16/h3-10,12,14,21,26H,11,13,15H2,1-2H3,(H,29,30,32). The number of ether oxygens (including phenoxy) is 2. The van der Waals surface area contributed by atoms with Crippen LogP contribution in [0, 0.1) is 11.6 Å². The molecule has 182 valence electrons. The maximum absolute atomic E-state index is 14.8. The lowest BCUT2D eigenvalue weighted by molar-refractivity contribution is -0.116. The van der Waals surface area contributed by atoms with Gasteiger partial charge in [0.25, 0.3) is 5.91 Å². The first-order chi connectivity index (χ1) is 16.9. The van der Waals surface area contributed by atoms with Crippen molar-refractivity contribution in [3.8, 4) is 0 Å². The lowest BCUT2D eigenvalue weighted by Crippen LogP contribution is -2.28. The summed E-state index contributed by atoms with van der Waals surface area (Å²) in [5.74, 6) is -1.17. The van der Waals surface area contributed by atoms with Crippen molar-refractivity contribution in [3.05, 3.63) is 94.7 Å². The lowest BCUT2D eigenvalue weighted by Gasteiger charge is -2.25. The molecule has 1 atom stereocenters. The number of anilines is 1. The van der Waals surface area contributed by atoms with Crippen LogP contribution in [-0.4, -0.2) is 35.9 Å². The highest BCUT2D eigenvalue weighted by Gasteiger charge is 2.38. The average molecular weight is 481 g/mol. The van der Waals surface area contributed by atoms with E-state index < -0.39 is 18.1 Å². The Morgan fingerprint density at radius 1 is 1.09 bits per heavy atom. The highest BCUT2D eigenvalue weighted by atomic mass is 19.1. The van der Waals surface area contributed by atoms with Gasteiger partial charge in [-0.3, -0.25) is 9.59 Å². The molecule has 0 bridgehead atoms. The van der Waals surface area contributed by atoms with Crippen LogP contribution in [0.3, 0.4) is 0 Å². The molecule has 2 heterocycles. The summed E-state index contributed by atoms with van der Waals surface area (Å²) in [5.41, 5.74) is 1.96. The largest absolute Gasteiger partial charge is 0.352 e. The van der Waals surface area contributed by atoms with Crippen molar-refractivity contribution in [3.63, 3.8) is 0 Å². The van der Waals surface area contributed by atoms with E-state index in [1.54, 1.807) is 36.5 Å². The highest BCUT2D eigenvalue weighted by molar-refractivity contribution is 5.99. The van der Waals surface area contributed by atoms with Crippen LogP contribution in [0.5, 0.6) is 0 Å². The molecule has 2 aromatic carbocycles. The molecule has 0 fully saturated rings. The van der Waals surface area contributed by atoms with Crippen molar-refractivity contribution in [2.75, 3.05) is 19.5 Å². The molecule has 1 aliphatic rings. The molecule has 1 N–H and O–H groups in total. The van der Waals surface area contributed by atoms with Crippen LogP contribution in [0.15, 0.2) is 60.8 Å². The Kier molecular flexibility index (Phi) is 7.48. The highest BCUT2D eigenvalue weighted by Crippen LogP contribution is 2.39. The number of halogens is 2. The third-order valence-electron chi connectivity index (χ3n) is 5.92. The zero-order chi connectivity index (χ0) is 24.9. The number of rotatable bonds is 9. The Morgan fingerprint density at radius 3 is 2.49 bits per heavy atom. The van der Waals surface area contributed by atoms with Crippen LogP contribution in [0.4, 0.5) is 14.6 Å². The van der Waals surface area contributed by atoms with E-state index in [-0.39, 0.29) is 48.1 Å². The number of fused-ring (bicyclic) bond motifs is 1. The van der Waals surface area contributed by atoms with Crippen molar-refractivity contribution in [2.24, 2.45) is 0 Å². The zero-order valence-electron chi connectivity index (χ0n) is 19.3. The van der Waals surface area contributed by atoms with Gasteiger partial charge in [-0.15, -0.1) is 0 Å². The van der Waals surface area contributed by atoms with Crippen LogP contribution in [0.2, 0.25) is 0 Å². The van der Waals surface area contributed by atoms with E-state index >= 15 is 0 Å². The third kappa shape index (κ3) is 5.36. The fraction of sp³-hybridized carbons (Fsp3) is 0.269. The number of benzene rings is 2. The summed E-state index contributed by atoms with van der Waals surface area (Å²) in [6.45, 7) is 0.169. The zero-order valence-corrected chi connectivity index (χ0v) is 19.3. The van der Waals surface area contributed by atoms with Gasteiger partial charge in [0.2, 0.25) is 5.91 Å². The molecule has 1 aromatic heterocycles. The maximum atomic E-state index is 14.8. The van der Waals surface area contributed by atoms with E-state index in [9.17, 15) is 18.4 Å². The van der Waals surface area contributed by atoms with E-state index in [1.807, 2.05) is 0 Å². The summed E-state index contributed by atoms with van der Waals surface area (Å²) in [4.78, 5) is 31.4. The van der Waals surface area contributed by atoms with Crippen LogP contribution < -0.4 is 5.32 Å². The number of pyridine rings is 1. The Balaban J connectivity index is 1.47. The Labute approximate surface area is 201 Å². The fourth-order valence-corrected chi connectivity index (χ4v) is 4.24. The Morgan fingerprint density at radius 2 is 1.83 bits per heavy atom. The van der Waals surface area contributed by atoms with Crippen LogP contribution in [-0.2, 0) is 20.8 Å². The number of carbonyl (C=O) groups excluding carboxylic acids is 2. The summed E-state index contributed by atoms with van der Waals surface area (Å²) in [6, 6.07) is 12.9. The molecule has 0 radical (unpaired) electrons. The number of amides is 2. The van der Waals surface area contributed by atoms with Crippen LogP contribution in [0.1, 0.15) is 52.2 Å². The lowest BCUT2D eigenvalue weighted by atomic mass is 9.99. The summed E-state index contributed by atoms with van der Waals surface area (Å²) < 4.78 is 38.4. The van der Waals surface area contributed by atoms with Crippen molar-refractivity contribution in [1.82, 2.24) is 9.88 Å². The van der Waals surface area contributed by atoms with E-state index in [4.69, 9.17) is 9.47 Å². The predicted octanol–water partition coefficient (Wildman–Crippen LogP) is 4.77. The van der Waals surface area contributed by atoms with Gasteiger partial charge in [0.15, 0.2) is 6.29 Å². The third-order valence-corrected chi connectivity index (χ3v) is 5.92. The van der Waals surface area contributed by atoms with Gasteiger partial charge < -0.3 is 19.7 Å². The van der Waals surface area contributed by atoms with Gasteiger partial charge in [0.05, 0.1) is 6.04 Å². The second-order valence-electron chi connectivity index (χ2n) is 8.14. The smallest absolute Gasteiger partial charge is 0.255 e. The topological polar surface area (TPSA) is 80.8 Å². The quantitative estimate of drug-likeness (QED) is 0.446. The molecule has 0 saturated heterocycles. The SMILES string of the molecule is COC(OC)c1ccc(NC(=O)CCC2c3c(F)cccc3C(=O)N2Cc2ccc(F)cc2)nc1.